The number of nitrogens with zero attached hydrogens (tertiary/aromatic N) is 1. The van der Waals surface area contributed by atoms with Crippen LogP contribution in [0.3, 0.4) is 0 Å². The second-order valence-electron chi connectivity index (χ2n) is 4.89. The van der Waals surface area contributed by atoms with Crippen LogP contribution in [-0.2, 0) is 6.42 Å². The van der Waals surface area contributed by atoms with Gasteiger partial charge in [0, 0.05) is 19.0 Å². The van der Waals surface area contributed by atoms with Crippen molar-refractivity contribution in [3.63, 3.8) is 0 Å². The summed E-state index contributed by atoms with van der Waals surface area (Å²) in [6.45, 7) is 2.19. The number of nitrogens with one attached hydrogen (secondary N) is 1. The van der Waals surface area contributed by atoms with Crippen molar-refractivity contribution < 1.29 is 0 Å². The lowest BCUT2D eigenvalue weighted by Gasteiger charge is -2.38. The smallest absolute Gasteiger partial charge is 0.104 e. The maximum Gasteiger partial charge on any atom is 0.104 e. The van der Waals surface area contributed by atoms with E-state index >= 15 is 0 Å². The third-order valence-electron chi connectivity index (χ3n) is 3.88. The highest BCUT2D eigenvalue weighted by Gasteiger charge is 2.32. The van der Waals surface area contributed by atoms with Gasteiger partial charge < -0.3 is 4.90 Å². The predicted molar refractivity (Wildman–Crippen MR) is 66.0 cm³/mol. The van der Waals surface area contributed by atoms with E-state index in [0.29, 0.717) is 5.92 Å². The Bertz CT molecular complexity index is 405. The summed E-state index contributed by atoms with van der Waals surface area (Å²) in [6, 6.07) is 8.56. The largest absolute Gasteiger partial charge is 0.360 e. The monoisotopic (exact) mass is 214 g/mol. The summed E-state index contributed by atoms with van der Waals surface area (Å²) in [7, 11) is 0. The Labute approximate surface area is 96.8 Å². The Morgan fingerprint density at radius 2 is 1.88 bits per heavy atom. The first kappa shape index (κ1) is 9.88. The Morgan fingerprint density at radius 1 is 1.12 bits per heavy atom. The second kappa shape index (κ2) is 3.93. The molecule has 2 heteroatoms. The van der Waals surface area contributed by atoms with Crippen molar-refractivity contribution in [3.05, 3.63) is 35.4 Å². The maximum atomic E-state index is 8.30. The van der Waals surface area contributed by atoms with E-state index in [1.54, 1.807) is 0 Å². The van der Waals surface area contributed by atoms with Gasteiger partial charge >= 0.3 is 0 Å². The predicted octanol–water partition coefficient (Wildman–Crippen LogP) is 2.79. The molecule has 0 spiro atoms. The van der Waals surface area contributed by atoms with Gasteiger partial charge in [0.25, 0.3) is 0 Å². The number of benzene rings is 1. The third-order valence-corrected chi connectivity index (χ3v) is 3.88. The Hall–Kier alpha value is -1.31. The lowest BCUT2D eigenvalue weighted by molar-refractivity contribution is 0.328. The minimum absolute atomic E-state index is 0.384. The summed E-state index contributed by atoms with van der Waals surface area (Å²) >= 11 is 0. The fraction of sp³-hybridized carbons (Fsp3) is 0.500. The lowest BCUT2D eigenvalue weighted by atomic mass is 9.76. The summed E-state index contributed by atoms with van der Waals surface area (Å²) < 4.78 is 0. The molecule has 0 radical (unpaired) electrons. The first-order valence-corrected chi connectivity index (χ1v) is 6.27. The molecule has 1 fully saturated rings. The first-order chi connectivity index (χ1) is 7.86. The van der Waals surface area contributed by atoms with Gasteiger partial charge in [0.1, 0.15) is 5.84 Å². The highest BCUT2D eigenvalue weighted by molar-refractivity contribution is 5.89. The van der Waals surface area contributed by atoms with Gasteiger partial charge in [0.2, 0.25) is 0 Å². The molecule has 1 aromatic carbocycles. The topological polar surface area (TPSA) is 27.1 Å². The average Bonchev–Trinajstić information content (AvgIpc) is 2.32. The molecule has 1 aliphatic heterocycles. The molecule has 1 aromatic rings. The van der Waals surface area contributed by atoms with Gasteiger partial charge in [-0.3, -0.25) is 5.41 Å². The molecule has 0 aromatic heterocycles. The average molecular weight is 214 g/mol. The molecule has 0 saturated carbocycles. The van der Waals surface area contributed by atoms with Crippen molar-refractivity contribution in [1.29, 1.82) is 5.41 Å². The molecule has 1 unspecified atom stereocenters. The van der Waals surface area contributed by atoms with E-state index in [1.165, 1.54) is 30.4 Å². The van der Waals surface area contributed by atoms with Crippen LogP contribution in [0.15, 0.2) is 24.3 Å². The zero-order valence-electron chi connectivity index (χ0n) is 9.58. The molecule has 1 atom stereocenters. The van der Waals surface area contributed by atoms with Crippen molar-refractivity contribution in [2.45, 2.75) is 31.6 Å². The van der Waals surface area contributed by atoms with Crippen LogP contribution >= 0.6 is 0 Å². The Morgan fingerprint density at radius 3 is 2.62 bits per heavy atom. The van der Waals surface area contributed by atoms with Crippen LogP contribution in [-0.4, -0.2) is 23.8 Å². The number of hydrogen-bond donors (Lipinski definition) is 1. The minimum atomic E-state index is 0.384. The zero-order valence-corrected chi connectivity index (χ0v) is 9.58. The van der Waals surface area contributed by atoms with Gasteiger partial charge in [-0.15, -0.1) is 0 Å². The van der Waals surface area contributed by atoms with E-state index in [4.69, 9.17) is 5.41 Å². The van der Waals surface area contributed by atoms with Crippen molar-refractivity contribution in [2.75, 3.05) is 13.1 Å². The van der Waals surface area contributed by atoms with Gasteiger partial charge in [-0.2, -0.15) is 0 Å². The number of fused-ring (bicyclic) bond motifs is 1. The van der Waals surface area contributed by atoms with E-state index < -0.39 is 0 Å². The summed E-state index contributed by atoms with van der Waals surface area (Å²) in [5.41, 5.74) is 2.83. The maximum absolute atomic E-state index is 8.30. The molecule has 1 heterocycles. The standard InChI is InChI=1S/C14H18N2/c15-14(16-8-4-1-5-9-16)13-10-11-6-2-3-7-12(11)13/h2-3,6-7,13,15H,1,4-5,8-10H2. The minimum Gasteiger partial charge on any atom is -0.360 e. The highest BCUT2D eigenvalue weighted by Crippen LogP contribution is 2.36. The molecular formula is C14H18N2. The van der Waals surface area contributed by atoms with E-state index in [1.807, 2.05) is 0 Å². The molecule has 1 N–H and O–H groups in total. The molecule has 1 aliphatic carbocycles. The number of rotatable bonds is 1. The zero-order chi connectivity index (χ0) is 11.0. The molecular weight excluding hydrogens is 196 g/mol. The Kier molecular flexibility index (Phi) is 2.43. The van der Waals surface area contributed by atoms with Crippen molar-refractivity contribution in [3.8, 4) is 0 Å². The summed E-state index contributed by atoms with van der Waals surface area (Å²) in [5.74, 6) is 1.24. The second-order valence-corrected chi connectivity index (χ2v) is 4.89. The highest BCUT2D eigenvalue weighted by atomic mass is 15.2. The number of amidine groups is 1. The summed E-state index contributed by atoms with van der Waals surface area (Å²) in [5, 5.41) is 8.30. The van der Waals surface area contributed by atoms with E-state index in [0.717, 1.165) is 25.3 Å². The van der Waals surface area contributed by atoms with Crippen LogP contribution in [0.5, 0.6) is 0 Å². The fourth-order valence-electron chi connectivity index (χ4n) is 2.86. The number of piperidine rings is 1. The van der Waals surface area contributed by atoms with Crippen LogP contribution in [0.25, 0.3) is 0 Å². The van der Waals surface area contributed by atoms with E-state index in [9.17, 15) is 0 Å². The first-order valence-electron chi connectivity index (χ1n) is 6.27. The molecule has 2 aliphatic rings. The molecule has 3 rings (SSSR count). The van der Waals surface area contributed by atoms with Crippen LogP contribution in [0.2, 0.25) is 0 Å². The number of likely N-dealkylation sites (tertiary alicyclic amines) is 1. The lowest BCUT2D eigenvalue weighted by Crippen LogP contribution is -2.41. The van der Waals surface area contributed by atoms with Gasteiger partial charge in [-0.05, 0) is 36.8 Å². The van der Waals surface area contributed by atoms with Crippen molar-refractivity contribution in [2.24, 2.45) is 0 Å². The molecule has 16 heavy (non-hydrogen) atoms. The molecule has 0 amide bonds. The van der Waals surface area contributed by atoms with Gasteiger partial charge in [-0.25, -0.2) is 0 Å². The SMILES string of the molecule is N=C(C1Cc2ccccc21)N1CCCCC1. The molecule has 84 valence electrons. The van der Waals surface area contributed by atoms with Gasteiger partial charge in [0.05, 0.1) is 0 Å². The van der Waals surface area contributed by atoms with Crippen LogP contribution in [0.1, 0.15) is 36.3 Å². The van der Waals surface area contributed by atoms with Gasteiger partial charge in [-0.1, -0.05) is 24.3 Å². The van der Waals surface area contributed by atoms with E-state index in [-0.39, 0.29) is 0 Å². The van der Waals surface area contributed by atoms with Crippen LogP contribution in [0, 0.1) is 5.41 Å². The van der Waals surface area contributed by atoms with Crippen LogP contribution < -0.4 is 0 Å². The molecule has 0 bridgehead atoms. The van der Waals surface area contributed by atoms with Crippen molar-refractivity contribution in [1.82, 2.24) is 4.90 Å². The number of hydrogen-bond acceptors (Lipinski definition) is 1. The molecule has 1 saturated heterocycles. The molecule has 2 nitrogen and oxygen atoms in total. The fourth-order valence-corrected chi connectivity index (χ4v) is 2.86. The third kappa shape index (κ3) is 1.53. The Balaban J connectivity index is 1.73. The normalized spacial score (nSPS) is 23.5. The quantitative estimate of drug-likeness (QED) is 0.565. The summed E-state index contributed by atoms with van der Waals surface area (Å²) in [6.07, 6.45) is 4.93. The van der Waals surface area contributed by atoms with Crippen LogP contribution in [0.4, 0.5) is 0 Å². The summed E-state index contributed by atoms with van der Waals surface area (Å²) in [4.78, 5) is 2.28. The van der Waals surface area contributed by atoms with E-state index in [2.05, 4.69) is 29.2 Å². The van der Waals surface area contributed by atoms with Crippen molar-refractivity contribution >= 4 is 5.84 Å². The van der Waals surface area contributed by atoms with Gasteiger partial charge in [0.15, 0.2) is 0 Å².